The maximum Gasteiger partial charge on any atom is 0.236 e. The van der Waals surface area contributed by atoms with Crippen LogP contribution in [-0.4, -0.2) is 61.6 Å². The molecule has 4 heteroatoms. The number of morpholine rings is 1. The van der Waals surface area contributed by atoms with Gasteiger partial charge in [-0.2, -0.15) is 0 Å². The van der Waals surface area contributed by atoms with E-state index in [9.17, 15) is 4.79 Å². The highest BCUT2D eigenvalue weighted by molar-refractivity contribution is 5.78. The quantitative estimate of drug-likeness (QED) is 0.775. The summed E-state index contributed by atoms with van der Waals surface area (Å²) in [5.74, 6) is 0.821. The van der Waals surface area contributed by atoms with Crippen LogP contribution >= 0.6 is 0 Å². The smallest absolute Gasteiger partial charge is 0.236 e. The number of carbonyl (C=O) groups excluding carboxylic acids is 1. The number of hydrogen-bond acceptors (Lipinski definition) is 3. The van der Waals surface area contributed by atoms with E-state index >= 15 is 0 Å². The van der Waals surface area contributed by atoms with E-state index in [0.717, 1.165) is 52.2 Å². The van der Waals surface area contributed by atoms with Gasteiger partial charge in [-0.25, -0.2) is 0 Å². The molecule has 29 heavy (non-hydrogen) atoms. The lowest BCUT2D eigenvalue weighted by atomic mass is 9.95. The first-order chi connectivity index (χ1) is 14.3. The van der Waals surface area contributed by atoms with Crippen molar-refractivity contribution in [2.45, 2.75) is 12.8 Å². The van der Waals surface area contributed by atoms with Crippen molar-refractivity contribution in [3.8, 4) is 11.1 Å². The molecule has 0 saturated carbocycles. The average Bonchev–Trinajstić information content (AvgIpc) is 2.80. The van der Waals surface area contributed by atoms with E-state index in [-0.39, 0.29) is 5.91 Å². The second-order valence-electron chi connectivity index (χ2n) is 7.95. The van der Waals surface area contributed by atoms with Crippen molar-refractivity contribution in [1.82, 2.24) is 9.80 Å². The van der Waals surface area contributed by atoms with Crippen molar-refractivity contribution >= 4 is 12.0 Å². The molecular formula is C25H30N2O2. The normalized spacial score (nSPS) is 19.0. The van der Waals surface area contributed by atoms with Gasteiger partial charge in [-0.3, -0.25) is 9.69 Å². The molecule has 0 N–H and O–H groups in total. The summed E-state index contributed by atoms with van der Waals surface area (Å²) in [6.07, 6.45) is 6.65. The second kappa shape index (κ2) is 9.86. The van der Waals surface area contributed by atoms with Gasteiger partial charge in [0.2, 0.25) is 5.91 Å². The standard InChI is InChI=1S/C25H30N2O2/c28-25(20-26-16-18-29-19-17-26)27-14-12-22(13-15-27)7-6-21-8-10-24(11-9-21)23-4-2-1-3-5-23/h1-11,22H,12-20H2/b7-6+. The fraction of sp³-hybridized carbons (Fsp3) is 0.400. The number of nitrogens with zero attached hydrogens (tertiary/aromatic N) is 2. The maximum absolute atomic E-state index is 12.5. The average molecular weight is 391 g/mol. The van der Waals surface area contributed by atoms with Crippen LogP contribution in [-0.2, 0) is 9.53 Å². The molecule has 0 atom stereocenters. The van der Waals surface area contributed by atoms with E-state index in [1.54, 1.807) is 0 Å². The molecule has 4 rings (SSSR count). The molecule has 0 bridgehead atoms. The van der Waals surface area contributed by atoms with Gasteiger partial charge in [0.1, 0.15) is 0 Å². The van der Waals surface area contributed by atoms with Crippen molar-refractivity contribution in [1.29, 1.82) is 0 Å². The molecule has 2 aliphatic rings. The second-order valence-corrected chi connectivity index (χ2v) is 7.95. The van der Waals surface area contributed by atoms with Crippen LogP contribution in [0.15, 0.2) is 60.7 Å². The molecule has 2 fully saturated rings. The van der Waals surface area contributed by atoms with Crippen LogP contribution in [0.5, 0.6) is 0 Å². The molecular weight excluding hydrogens is 360 g/mol. The van der Waals surface area contributed by atoms with Crippen LogP contribution in [0.4, 0.5) is 0 Å². The minimum Gasteiger partial charge on any atom is -0.379 e. The molecule has 2 aromatic carbocycles. The highest BCUT2D eigenvalue weighted by Gasteiger charge is 2.23. The van der Waals surface area contributed by atoms with E-state index in [0.29, 0.717) is 12.5 Å². The zero-order valence-electron chi connectivity index (χ0n) is 17.0. The fourth-order valence-corrected chi connectivity index (χ4v) is 4.06. The zero-order chi connectivity index (χ0) is 19.9. The number of hydrogen-bond donors (Lipinski definition) is 0. The van der Waals surface area contributed by atoms with Crippen LogP contribution in [0.25, 0.3) is 17.2 Å². The maximum atomic E-state index is 12.5. The Morgan fingerprint density at radius 3 is 2.24 bits per heavy atom. The van der Waals surface area contributed by atoms with E-state index < -0.39 is 0 Å². The Bertz CT molecular complexity index is 802. The third-order valence-corrected chi connectivity index (χ3v) is 5.93. The molecule has 2 aliphatic heterocycles. The van der Waals surface area contributed by atoms with Gasteiger partial charge < -0.3 is 9.64 Å². The molecule has 0 aliphatic carbocycles. The van der Waals surface area contributed by atoms with Gasteiger partial charge in [0.25, 0.3) is 0 Å². The molecule has 0 spiro atoms. The topological polar surface area (TPSA) is 32.8 Å². The van der Waals surface area contributed by atoms with Crippen molar-refractivity contribution in [3.05, 3.63) is 66.2 Å². The van der Waals surface area contributed by atoms with Gasteiger partial charge in [-0.05, 0) is 35.4 Å². The lowest BCUT2D eigenvalue weighted by Gasteiger charge is -2.33. The Hall–Kier alpha value is -2.43. The number of likely N-dealkylation sites (tertiary alicyclic amines) is 1. The predicted molar refractivity (Wildman–Crippen MR) is 117 cm³/mol. The summed E-state index contributed by atoms with van der Waals surface area (Å²) in [5, 5.41) is 0. The molecule has 0 unspecified atom stereocenters. The van der Waals surface area contributed by atoms with Crippen molar-refractivity contribution in [2.75, 3.05) is 45.9 Å². The first-order valence-electron chi connectivity index (χ1n) is 10.7. The van der Waals surface area contributed by atoms with Gasteiger partial charge in [0.15, 0.2) is 0 Å². The summed E-state index contributed by atoms with van der Waals surface area (Å²) in [5.41, 5.74) is 3.72. The molecule has 0 radical (unpaired) electrons. The Morgan fingerprint density at radius 2 is 1.55 bits per heavy atom. The Kier molecular flexibility index (Phi) is 6.75. The van der Waals surface area contributed by atoms with Crippen LogP contribution in [0, 0.1) is 5.92 Å². The predicted octanol–water partition coefficient (Wildman–Crippen LogP) is 3.94. The number of rotatable bonds is 5. The van der Waals surface area contributed by atoms with E-state index in [4.69, 9.17) is 4.74 Å². The first-order valence-corrected chi connectivity index (χ1v) is 10.7. The SMILES string of the molecule is O=C(CN1CCOCC1)N1CCC(/C=C/c2ccc(-c3ccccc3)cc2)CC1. The minimum atomic E-state index is 0.269. The van der Waals surface area contributed by atoms with Crippen molar-refractivity contribution in [3.63, 3.8) is 0 Å². The number of carbonyl (C=O) groups is 1. The van der Waals surface area contributed by atoms with Gasteiger partial charge in [-0.15, -0.1) is 0 Å². The minimum absolute atomic E-state index is 0.269. The van der Waals surface area contributed by atoms with Gasteiger partial charge >= 0.3 is 0 Å². The number of benzene rings is 2. The Labute approximate surface area is 173 Å². The van der Waals surface area contributed by atoms with Gasteiger partial charge in [0.05, 0.1) is 19.8 Å². The summed E-state index contributed by atoms with van der Waals surface area (Å²) < 4.78 is 5.36. The zero-order valence-corrected chi connectivity index (χ0v) is 17.0. The van der Waals surface area contributed by atoms with E-state index in [1.807, 2.05) is 11.0 Å². The van der Waals surface area contributed by atoms with Crippen LogP contribution < -0.4 is 0 Å². The van der Waals surface area contributed by atoms with Crippen molar-refractivity contribution in [2.24, 2.45) is 5.92 Å². The summed E-state index contributed by atoms with van der Waals surface area (Å²) in [6.45, 7) is 5.49. The number of ether oxygens (including phenoxy) is 1. The van der Waals surface area contributed by atoms with Crippen LogP contribution in [0.2, 0.25) is 0 Å². The molecule has 0 aromatic heterocycles. The van der Waals surface area contributed by atoms with Crippen LogP contribution in [0.1, 0.15) is 18.4 Å². The molecule has 2 aromatic rings. The highest BCUT2D eigenvalue weighted by atomic mass is 16.5. The molecule has 4 nitrogen and oxygen atoms in total. The third-order valence-electron chi connectivity index (χ3n) is 5.93. The highest BCUT2D eigenvalue weighted by Crippen LogP contribution is 2.22. The molecule has 152 valence electrons. The Morgan fingerprint density at radius 1 is 0.897 bits per heavy atom. The summed E-state index contributed by atoms with van der Waals surface area (Å²) in [6, 6.07) is 19.2. The van der Waals surface area contributed by atoms with E-state index in [2.05, 4.69) is 65.6 Å². The van der Waals surface area contributed by atoms with Gasteiger partial charge in [-0.1, -0.05) is 66.7 Å². The number of amides is 1. The number of piperidine rings is 1. The van der Waals surface area contributed by atoms with Crippen molar-refractivity contribution < 1.29 is 9.53 Å². The summed E-state index contributed by atoms with van der Waals surface area (Å²) in [7, 11) is 0. The largest absolute Gasteiger partial charge is 0.379 e. The third kappa shape index (κ3) is 5.55. The Balaban J connectivity index is 1.25. The summed E-state index contributed by atoms with van der Waals surface area (Å²) in [4.78, 5) is 16.8. The molecule has 2 heterocycles. The first kappa shape index (κ1) is 19.9. The fourth-order valence-electron chi connectivity index (χ4n) is 4.06. The summed E-state index contributed by atoms with van der Waals surface area (Å²) >= 11 is 0. The lowest BCUT2D eigenvalue weighted by Crippen LogP contribution is -2.46. The number of allylic oxidation sites excluding steroid dienone is 1. The van der Waals surface area contributed by atoms with Crippen LogP contribution in [0.3, 0.4) is 0 Å². The molecule has 1 amide bonds. The molecule has 2 saturated heterocycles. The lowest BCUT2D eigenvalue weighted by molar-refractivity contribution is -0.134. The monoisotopic (exact) mass is 390 g/mol. The van der Waals surface area contributed by atoms with E-state index in [1.165, 1.54) is 16.7 Å². The van der Waals surface area contributed by atoms with Gasteiger partial charge in [0, 0.05) is 26.2 Å².